The fraction of sp³-hybridized carbons (Fsp3) is 0.308. The van der Waals surface area contributed by atoms with Crippen LogP contribution in [0.1, 0.15) is 46.3 Å². The normalized spacial score (nSPS) is 11.4. The number of hydrogen-bond donors (Lipinski definition) is 0. The molecule has 1 heterocycles. The van der Waals surface area contributed by atoms with Crippen LogP contribution in [0.3, 0.4) is 0 Å². The Hall–Kier alpha value is -3.62. The molecule has 35 heavy (non-hydrogen) atoms. The second-order valence-electron chi connectivity index (χ2n) is 8.19. The molecule has 186 valence electrons. The largest absolute Gasteiger partial charge is 0.464 e. The van der Waals surface area contributed by atoms with E-state index in [0.29, 0.717) is 23.5 Å². The van der Waals surface area contributed by atoms with Crippen molar-refractivity contribution in [3.05, 3.63) is 94.7 Å². The number of benzene rings is 2. The van der Waals surface area contributed by atoms with Crippen molar-refractivity contribution >= 4 is 11.8 Å². The molecule has 0 saturated carbocycles. The summed E-state index contributed by atoms with van der Waals surface area (Å²) in [6.45, 7) is 3.89. The SMILES string of the molecule is CCCN(CC(=O)N(Cc1ccc(F)cc1)Cc1ccc(C)o1)C(=O)c1ccc(C(F)(F)F)cc1. The van der Waals surface area contributed by atoms with E-state index in [-0.39, 0.29) is 37.6 Å². The summed E-state index contributed by atoms with van der Waals surface area (Å²) < 4.78 is 57.5. The van der Waals surface area contributed by atoms with E-state index in [2.05, 4.69) is 0 Å². The highest BCUT2D eigenvalue weighted by Crippen LogP contribution is 2.29. The minimum Gasteiger partial charge on any atom is -0.464 e. The molecule has 1 aromatic heterocycles. The summed E-state index contributed by atoms with van der Waals surface area (Å²) in [7, 11) is 0. The molecular formula is C26H26F4N2O3. The fourth-order valence-electron chi connectivity index (χ4n) is 3.57. The highest BCUT2D eigenvalue weighted by molar-refractivity contribution is 5.96. The van der Waals surface area contributed by atoms with Crippen molar-refractivity contribution < 1.29 is 31.6 Å². The number of alkyl halides is 3. The molecule has 0 radical (unpaired) electrons. The molecule has 0 aliphatic carbocycles. The van der Waals surface area contributed by atoms with Gasteiger partial charge >= 0.3 is 6.18 Å². The summed E-state index contributed by atoms with van der Waals surface area (Å²) in [5, 5.41) is 0. The standard InChI is InChI=1S/C26H26F4N2O3/c1-3-14-31(25(34)20-7-9-21(10-8-20)26(28,29)30)17-24(33)32(16-23-13-4-18(2)35-23)15-19-5-11-22(27)12-6-19/h4-13H,3,14-17H2,1-2H3. The zero-order chi connectivity index (χ0) is 25.6. The molecule has 2 amide bonds. The predicted molar refractivity (Wildman–Crippen MR) is 122 cm³/mol. The molecule has 0 bridgehead atoms. The van der Waals surface area contributed by atoms with Crippen molar-refractivity contribution in [3.63, 3.8) is 0 Å². The minimum absolute atomic E-state index is 0.0611. The van der Waals surface area contributed by atoms with E-state index < -0.39 is 23.5 Å². The molecule has 0 unspecified atom stereocenters. The Labute approximate surface area is 200 Å². The summed E-state index contributed by atoms with van der Waals surface area (Å²) in [6, 6.07) is 13.2. The number of rotatable bonds is 9. The van der Waals surface area contributed by atoms with Gasteiger partial charge in [0.25, 0.3) is 5.91 Å². The van der Waals surface area contributed by atoms with Gasteiger partial charge in [-0.3, -0.25) is 9.59 Å². The lowest BCUT2D eigenvalue weighted by molar-refractivity contribution is -0.137. The third-order valence-electron chi connectivity index (χ3n) is 5.35. The van der Waals surface area contributed by atoms with Crippen LogP contribution in [0, 0.1) is 12.7 Å². The Bertz CT molecular complexity index is 1140. The molecular weight excluding hydrogens is 464 g/mol. The smallest absolute Gasteiger partial charge is 0.416 e. The first-order valence-electron chi connectivity index (χ1n) is 11.1. The van der Waals surface area contributed by atoms with Crippen LogP contribution in [-0.4, -0.2) is 34.7 Å². The maximum absolute atomic E-state index is 13.3. The van der Waals surface area contributed by atoms with Gasteiger partial charge in [0.05, 0.1) is 12.1 Å². The number of furan rings is 1. The lowest BCUT2D eigenvalue weighted by Crippen LogP contribution is -2.42. The van der Waals surface area contributed by atoms with E-state index in [9.17, 15) is 27.2 Å². The Kier molecular flexibility index (Phi) is 8.32. The van der Waals surface area contributed by atoms with E-state index in [0.717, 1.165) is 24.3 Å². The first-order chi connectivity index (χ1) is 16.6. The van der Waals surface area contributed by atoms with E-state index in [1.807, 2.05) is 6.92 Å². The number of carbonyl (C=O) groups excluding carboxylic acids is 2. The van der Waals surface area contributed by atoms with Gasteiger partial charge in [-0.15, -0.1) is 0 Å². The molecule has 3 aromatic rings. The molecule has 0 atom stereocenters. The van der Waals surface area contributed by atoms with Crippen molar-refractivity contribution in [1.29, 1.82) is 0 Å². The molecule has 9 heteroatoms. The number of halogens is 4. The van der Waals surface area contributed by atoms with Gasteiger partial charge in [-0.25, -0.2) is 4.39 Å². The van der Waals surface area contributed by atoms with Crippen LogP contribution in [0.25, 0.3) is 0 Å². The van der Waals surface area contributed by atoms with Crippen molar-refractivity contribution in [2.45, 2.75) is 39.5 Å². The number of carbonyl (C=O) groups is 2. The molecule has 0 aliphatic rings. The van der Waals surface area contributed by atoms with Gasteiger partial charge < -0.3 is 14.2 Å². The van der Waals surface area contributed by atoms with Gasteiger partial charge in [-0.2, -0.15) is 13.2 Å². The lowest BCUT2D eigenvalue weighted by atomic mass is 10.1. The maximum Gasteiger partial charge on any atom is 0.416 e. The molecule has 0 fully saturated rings. The third kappa shape index (κ3) is 7.18. The average Bonchev–Trinajstić information content (AvgIpc) is 3.23. The minimum atomic E-state index is -4.51. The highest BCUT2D eigenvalue weighted by Gasteiger charge is 2.30. The third-order valence-corrected chi connectivity index (χ3v) is 5.35. The Morgan fingerprint density at radius 3 is 2.09 bits per heavy atom. The molecule has 0 aliphatic heterocycles. The van der Waals surface area contributed by atoms with Crippen molar-refractivity contribution in [2.24, 2.45) is 0 Å². The number of aryl methyl sites for hydroxylation is 1. The molecule has 2 aromatic carbocycles. The number of hydrogen-bond acceptors (Lipinski definition) is 3. The van der Waals surface area contributed by atoms with Gasteiger partial charge in [0.1, 0.15) is 23.9 Å². The summed E-state index contributed by atoms with van der Waals surface area (Å²) in [5.74, 6) is -0.0838. The van der Waals surface area contributed by atoms with Crippen LogP contribution in [0.15, 0.2) is 65.1 Å². The number of nitrogens with zero attached hydrogens (tertiary/aromatic N) is 2. The van der Waals surface area contributed by atoms with E-state index in [1.54, 1.807) is 31.2 Å². The maximum atomic E-state index is 13.3. The topological polar surface area (TPSA) is 53.8 Å². The van der Waals surface area contributed by atoms with Crippen LogP contribution in [0.2, 0.25) is 0 Å². The molecule has 0 spiro atoms. The van der Waals surface area contributed by atoms with Gasteiger partial charge in [-0.05, 0) is 67.4 Å². The van der Waals surface area contributed by atoms with Crippen LogP contribution in [0.4, 0.5) is 17.6 Å². The molecule has 5 nitrogen and oxygen atoms in total. The van der Waals surface area contributed by atoms with Crippen LogP contribution in [0.5, 0.6) is 0 Å². The van der Waals surface area contributed by atoms with Gasteiger partial charge in [0.15, 0.2) is 0 Å². The first-order valence-corrected chi connectivity index (χ1v) is 11.1. The first kappa shape index (κ1) is 26.0. The Morgan fingerprint density at radius 1 is 0.886 bits per heavy atom. The number of amides is 2. The predicted octanol–water partition coefficient (Wildman–Crippen LogP) is 5.83. The lowest BCUT2D eigenvalue weighted by Gasteiger charge is -2.27. The van der Waals surface area contributed by atoms with Gasteiger partial charge in [-0.1, -0.05) is 19.1 Å². The Balaban J connectivity index is 1.79. The summed E-state index contributed by atoms with van der Waals surface area (Å²) in [5.41, 5.74) is -0.100. The van der Waals surface area contributed by atoms with Crippen molar-refractivity contribution in [2.75, 3.05) is 13.1 Å². The summed E-state index contributed by atoms with van der Waals surface area (Å²) in [6.07, 6.45) is -3.96. The molecule has 3 rings (SSSR count). The van der Waals surface area contributed by atoms with Crippen molar-refractivity contribution in [3.8, 4) is 0 Å². The van der Waals surface area contributed by atoms with E-state index in [4.69, 9.17) is 4.42 Å². The molecule has 0 N–H and O–H groups in total. The van der Waals surface area contributed by atoms with Gasteiger partial charge in [0, 0.05) is 18.7 Å². The zero-order valence-electron chi connectivity index (χ0n) is 19.4. The second kappa shape index (κ2) is 11.2. The van der Waals surface area contributed by atoms with Crippen LogP contribution in [-0.2, 0) is 24.1 Å². The summed E-state index contributed by atoms with van der Waals surface area (Å²) >= 11 is 0. The van der Waals surface area contributed by atoms with Crippen LogP contribution < -0.4 is 0 Å². The second-order valence-corrected chi connectivity index (χ2v) is 8.19. The van der Waals surface area contributed by atoms with Gasteiger partial charge in [0.2, 0.25) is 5.91 Å². The monoisotopic (exact) mass is 490 g/mol. The Morgan fingerprint density at radius 2 is 1.54 bits per heavy atom. The van der Waals surface area contributed by atoms with E-state index >= 15 is 0 Å². The fourth-order valence-corrected chi connectivity index (χ4v) is 3.57. The summed E-state index contributed by atoms with van der Waals surface area (Å²) in [4.78, 5) is 29.1. The van der Waals surface area contributed by atoms with Crippen LogP contribution >= 0.6 is 0 Å². The van der Waals surface area contributed by atoms with E-state index in [1.165, 1.54) is 21.9 Å². The highest BCUT2D eigenvalue weighted by atomic mass is 19.4. The average molecular weight is 490 g/mol. The van der Waals surface area contributed by atoms with Crippen molar-refractivity contribution in [1.82, 2.24) is 9.80 Å². The molecule has 0 saturated heterocycles. The zero-order valence-corrected chi connectivity index (χ0v) is 19.4. The quantitative estimate of drug-likeness (QED) is 0.355.